The second kappa shape index (κ2) is 5.16. The van der Waals surface area contributed by atoms with Crippen LogP contribution in [0, 0.1) is 10.1 Å². The number of hydrogen-bond donors (Lipinski definition) is 0. The third-order valence-corrected chi connectivity index (χ3v) is 2.18. The van der Waals surface area contributed by atoms with Crippen molar-refractivity contribution in [1.82, 2.24) is 0 Å². The summed E-state index contributed by atoms with van der Waals surface area (Å²) in [6, 6.07) is 15.5. The SMILES string of the molecule is O=[N+]([O-])c1ccc(O[B]c2ccccc2)cc1. The maximum Gasteiger partial charge on any atom is 0.408 e. The van der Waals surface area contributed by atoms with E-state index in [4.69, 9.17) is 4.65 Å². The van der Waals surface area contributed by atoms with Gasteiger partial charge in [-0.05, 0) is 17.6 Å². The van der Waals surface area contributed by atoms with E-state index >= 15 is 0 Å². The molecule has 0 aliphatic rings. The third kappa shape index (κ3) is 3.08. The van der Waals surface area contributed by atoms with Crippen molar-refractivity contribution in [1.29, 1.82) is 0 Å². The topological polar surface area (TPSA) is 52.4 Å². The van der Waals surface area contributed by atoms with Crippen molar-refractivity contribution in [2.45, 2.75) is 0 Å². The predicted octanol–water partition coefficient (Wildman–Crippen LogP) is 1.92. The first-order chi connectivity index (χ1) is 8.25. The fourth-order valence-corrected chi connectivity index (χ4v) is 1.31. The number of nitro benzene ring substituents is 1. The minimum absolute atomic E-state index is 0.0528. The number of nitrogens with zero attached hydrogens (tertiary/aromatic N) is 1. The van der Waals surface area contributed by atoms with Gasteiger partial charge in [0, 0.05) is 12.1 Å². The molecule has 2 aromatic rings. The van der Waals surface area contributed by atoms with Gasteiger partial charge >= 0.3 is 7.48 Å². The molecule has 4 nitrogen and oxygen atoms in total. The summed E-state index contributed by atoms with van der Waals surface area (Å²) in [6.45, 7) is 0. The second-order valence-corrected chi connectivity index (χ2v) is 3.40. The first kappa shape index (κ1) is 11.2. The lowest BCUT2D eigenvalue weighted by Gasteiger charge is -2.04. The van der Waals surface area contributed by atoms with Crippen LogP contribution >= 0.6 is 0 Å². The highest BCUT2D eigenvalue weighted by atomic mass is 16.6. The van der Waals surface area contributed by atoms with E-state index in [1.54, 1.807) is 19.6 Å². The number of hydrogen-bond acceptors (Lipinski definition) is 3. The van der Waals surface area contributed by atoms with Crippen LogP contribution in [0.3, 0.4) is 0 Å². The first-order valence-electron chi connectivity index (χ1n) is 5.05. The number of nitro groups is 1. The zero-order valence-electron chi connectivity index (χ0n) is 8.95. The van der Waals surface area contributed by atoms with Gasteiger partial charge in [-0.1, -0.05) is 30.3 Å². The van der Waals surface area contributed by atoms with Crippen LogP contribution in [0.5, 0.6) is 5.75 Å². The van der Waals surface area contributed by atoms with E-state index in [2.05, 4.69) is 0 Å². The maximum atomic E-state index is 10.4. The van der Waals surface area contributed by atoms with Crippen LogP contribution in [-0.2, 0) is 0 Å². The van der Waals surface area contributed by atoms with Gasteiger partial charge in [0.1, 0.15) is 0 Å². The van der Waals surface area contributed by atoms with E-state index in [1.807, 2.05) is 30.3 Å². The van der Waals surface area contributed by atoms with Gasteiger partial charge in [0.15, 0.2) is 0 Å². The van der Waals surface area contributed by atoms with Crippen molar-refractivity contribution >= 4 is 18.6 Å². The third-order valence-electron chi connectivity index (χ3n) is 2.18. The summed E-state index contributed by atoms with van der Waals surface area (Å²) in [7, 11) is 1.60. The van der Waals surface area contributed by atoms with E-state index in [0.717, 1.165) is 5.46 Å². The Labute approximate surface area is 99.3 Å². The summed E-state index contributed by atoms with van der Waals surface area (Å²) < 4.78 is 5.38. The molecule has 0 atom stereocenters. The molecule has 0 aliphatic carbocycles. The Morgan fingerprint density at radius 3 is 2.24 bits per heavy atom. The lowest BCUT2D eigenvalue weighted by atomic mass is 9.88. The molecule has 0 unspecified atom stereocenters. The van der Waals surface area contributed by atoms with Gasteiger partial charge in [0.25, 0.3) is 5.69 Å². The number of rotatable bonds is 4. The molecule has 2 rings (SSSR count). The Hall–Kier alpha value is -2.30. The van der Waals surface area contributed by atoms with Gasteiger partial charge in [-0.2, -0.15) is 0 Å². The molecule has 0 heterocycles. The summed E-state index contributed by atoms with van der Waals surface area (Å²) in [6.07, 6.45) is 0. The van der Waals surface area contributed by atoms with Gasteiger partial charge in [0.2, 0.25) is 0 Å². The standard InChI is InChI=1S/C12H9BNO3/c15-14(16)11-6-8-12(9-7-11)17-13-10-4-2-1-3-5-10/h1-9H. The Balaban J connectivity index is 1.98. The van der Waals surface area contributed by atoms with Crippen molar-refractivity contribution in [2.24, 2.45) is 0 Å². The Bertz CT molecular complexity index is 499. The van der Waals surface area contributed by atoms with Crippen molar-refractivity contribution in [2.75, 3.05) is 0 Å². The van der Waals surface area contributed by atoms with Crippen LogP contribution in [0.2, 0.25) is 0 Å². The highest BCUT2D eigenvalue weighted by molar-refractivity contribution is 6.47. The smallest absolute Gasteiger partial charge is 0.408 e. The molecule has 0 spiro atoms. The maximum absolute atomic E-state index is 10.4. The first-order valence-corrected chi connectivity index (χ1v) is 5.05. The van der Waals surface area contributed by atoms with Crippen molar-refractivity contribution < 1.29 is 9.58 Å². The predicted molar refractivity (Wildman–Crippen MR) is 65.6 cm³/mol. The molecule has 0 aliphatic heterocycles. The number of non-ortho nitro benzene ring substituents is 1. The van der Waals surface area contributed by atoms with Gasteiger partial charge in [0.05, 0.1) is 10.7 Å². The fourth-order valence-electron chi connectivity index (χ4n) is 1.31. The number of benzene rings is 2. The average Bonchev–Trinajstić information content (AvgIpc) is 2.38. The lowest BCUT2D eigenvalue weighted by Crippen LogP contribution is -2.19. The van der Waals surface area contributed by atoms with Crippen LogP contribution in [0.25, 0.3) is 0 Å². The Morgan fingerprint density at radius 2 is 1.65 bits per heavy atom. The van der Waals surface area contributed by atoms with Gasteiger partial charge in [-0.25, -0.2) is 0 Å². The largest absolute Gasteiger partial charge is 0.558 e. The molecule has 0 aromatic heterocycles. The molecule has 0 bridgehead atoms. The van der Waals surface area contributed by atoms with Crippen LogP contribution in [-0.4, -0.2) is 12.4 Å². The van der Waals surface area contributed by atoms with Crippen molar-refractivity contribution in [3.05, 3.63) is 64.7 Å². The Morgan fingerprint density at radius 1 is 1.00 bits per heavy atom. The lowest BCUT2D eigenvalue weighted by molar-refractivity contribution is -0.384. The summed E-state index contributed by atoms with van der Waals surface area (Å²) in [4.78, 5) is 10.0. The molecule has 0 fully saturated rings. The summed E-state index contributed by atoms with van der Waals surface area (Å²) in [5.41, 5.74) is 0.989. The quantitative estimate of drug-likeness (QED) is 0.454. The zero-order chi connectivity index (χ0) is 12.1. The van der Waals surface area contributed by atoms with Crippen LogP contribution < -0.4 is 10.1 Å². The van der Waals surface area contributed by atoms with Crippen molar-refractivity contribution in [3.8, 4) is 5.75 Å². The van der Waals surface area contributed by atoms with Crippen LogP contribution in [0.15, 0.2) is 54.6 Å². The summed E-state index contributed by atoms with van der Waals surface area (Å²) in [5, 5.41) is 10.4. The summed E-state index contributed by atoms with van der Waals surface area (Å²) in [5.74, 6) is 0.569. The monoisotopic (exact) mass is 226 g/mol. The molecule has 0 amide bonds. The van der Waals surface area contributed by atoms with E-state index in [1.165, 1.54) is 12.1 Å². The van der Waals surface area contributed by atoms with Crippen LogP contribution in [0.4, 0.5) is 5.69 Å². The molecule has 2 aromatic carbocycles. The fraction of sp³-hybridized carbons (Fsp3) is 0. The molecular formula is C12H9BNO3. The van der Waals surface area contributed by atoms with Gasteiger partial charge in [-0.15, -0.1) is 0 Å². The average molecular weight is 226 g/mol. The van der Waals surface area contributed by atoms with Gasteiger partial charge < -0.3 is 4.65 Å². The normalized spacial score (nSPS) is 9.65. The Kier molecular flexibility index (Phi) is 3.40. The minimum atomic E-state index is -0.440. The second-order valence-electron chi connectivity index (χ2n) is 3.40. The molecule has 5 heteroatoms. The van der Waals surface area contributed by atoms with E-state index in [9.17, 15) is 10.1 Å². The van der Waals surface area contributed by atoms with Crippen molar-refractivity contribution in [3.63, 3.8) is 0 Å². The molecule has 0 N–H and O–H groups in total. The van der Waals surface area contributed by atoms with Crippen LogP contribution in [0.1, 0.15) is 0 Å². The molecular weight excluding hydrogens is 217 g/mol. The van der Waals surface area contributed by atoms with E-state index in [-0.39, 0.29) is 5.69 Å². The highest BCUT2D eigenvalue weighted by Crippen LogP contribution is 2.16. The molecule has 1 radical (unpaired) electrons. The van der Waals surface area contributed by atoms with E-state index < -0.39 is 4.92 Å². The minimum Gasteiger partial charge on any atom is -0.558 e. The van der Waals surface area contributed by atoms with E-state index in [0.29, 0.717) is 5.75 Å². The highest BCUT2D eigenvalue weighted by Gasteiger charge is 2.05. The molecule has 0 saturated carbocycles. The van der Waals surface area contributed by atoms with Gasteiger partial charge in [-0.3, -0.25) is 10.1 Å². The molecule has 83 valence electrons. The summed E-state index contributed by atoms with van der Waals surface area (Å²) >= 11 is 0. The molecule has 0 saturated heterocycles. The molecule has 17 heavy (non-hydrogen) atoms. The zero-order valence-corrected chi connectivity index (χ0v) is 8.95.